The van der Waals surface area contributed by atoms with Gasteiger partial charge in [-0.25, -0.2) is 9.97 Å². The third kappa shape index (κ3) is 4.99. The van der Waals surface area contributed by atoms with E-state index in [1.807, 2.05) is 60.7 Å². The van der Waals surface area contributed by atoms with E-state index in [2.05, 4.69) is 86.3 Å². The predicted octanol–water partition coefficient (Wildman–Crippen LogP) is 8.58. The highest BCUT2D eigenvalue weighted by Gasteiger charge is 2.19. The van der Waals surface area contributed by atoms with Crippen molar-refractivity contribution in [1.82, 2.24) is 9.97 Å². The zero-order chi connectivity index (χ0) is 24.3. The van der Waals surface area contributed by atoms with Gasteiger partial charge >= 0.3 is 0 Å². The number of aromatic nitrogens is 2. The van der Waals surface area contributed by atoms with Crippen LogP contribution in [0.4, 0.5) is 17.3 Å². The zero-order valence-electron chi connectivity index (χ0n) is 20.4. The summed E-state index contributed by atoms with van der Waals surface area (Å²) in [6.45, 7) is 6.70. The molecule has 0 saturated carbocycles. The minimum absolute atomic E-state index is 0.0836. The van der Waals surface area contributed by atoms with Crippen LogP contribution in [0.2, 0.25) is 0 Å². The number of nitrogens with zero attached hydrogens (tertiary/aromatic N) is 3. The highest BCUT2D eigenvalue weighted by atomic mass is 15.2. The van der Waals surface area contributed by atoms with Crippen LogP contribution >= 0.6 is 0 Å². The van der Waals surface area contributed by atoms with Crippen LogP contribution in [0.3, 0.4) is 0 Å². The van der Waals surface area contributed by atoms with Crippen molar-refractivity contribution in [3.8, 4) is 22.5 Å². The van der Waals surface area contributed by atoms with Gasteiger partial charge in [0.1, 0.15) is 11.6 Å². The molecule has 0 aliphatic heterocycles. The Hall–Kier alpha value is -4.24. The second-order valence-electron chi connectivity index (χ2n) is 9.63. The Balaban J connectivity index is 1.64. The number of rotatable bonds is 5. The van der Waals surface area contributed by atoms with Gasteiger partial charge in [0.25, 0.3) is 0 Å². The quantitative estimate of drug-likeness (QED) is 0.266. The van der Waals surface area contributed by atoms with Crippen molar-refractivity contribution in [1.29, 1.82) is 0 Å². The summed E-state index contributed by atoms with van der Waals surface area (Å²) in [5.74, 6) is 1.65. The van der Waals surface area contributed by atoms with Crippen molar-refractivity contribution in [3.05, 3.63) is 127 Å². The summed E-state index contributed by atoms with van der Waals surface area (Å²) in [5, 5.41) is 0. The van der Waals surface area contributed by atoms with Crippen LogP contribution in [-0.2, 0) is 5.41 Å². The monoisotopic (exact) mass is 455 g/mol. The summed E-state index contributed by atoms with van der Waals surface area (Å²) >= 11 is 0. The van der Waals surface area contributed by atoms with Gasteiger partial charge in [-0.1, -0.05) is 106 Å². The first-order chi connectivity index (χ1) is 17.0. The van der Waals surface area contributed by atoms with Crippen LogP contribution in [-0.4, -0.2) is 9.97 Å². The second kappa shape index (κ2) is 9.55. The summed E-state index contributed by atoms with van der Waals surface area (Å²) in [7, 11) is 0. The molecule has 3 heteroatoms. The molecule has 2 aromatic heterocycles. The molecular formula is C32H29N3. The average Bonchev–Trinajstić information content (AvgIpc) is 2.90. The van der Waals surface area contributed by atoms with Crippen LogP contribution in [0.5, 0.6) is 0 Å². The number of hydrogen-bond acceptors (Lipinski definition) is 3. The molecule has 0 unspecified atom stereocenters. The fourth-order valence-corrected chi connectivity index (χ4v) is 4.13. The van der Waals surface area contributed by atoms with Crippen LogP contribution in [0.25, 0.3) is 22.5 Å². The molecule has 35 heavy (non-hydrogen) atoms. The first-order valence-electron chi connectivity index (χ1n) is 11.9. The molecule has 0 bridgehead atoms. The van der Waals surface area contributed by atoms with E-state index in [0.717, 1.165) is 39.8 Å². The minimum atomic E-state index is 0.0836. The normalized spacial score (nSPS) is 11.3. The van der Waals surface area contributed by atoms with Gasteiger partial charge in [-0.3, -0.25) is 4.90 Å². The van der Waals surface area contributed by atoms with Crippen LogP contribution in [0.15, 0.2) is 121 Å². The van der Waals surface area contributed by atoms with Crippen molar-refractivity contribution in [2.24, 2.45) is 0 Å². The van der Waals surface area contributed by atoms with E-state index >= 15 is 0 Å². The van der Waals surface area contributed by atoms with E-state index in [-0.39, 0.29) is 5.41 Å². The Morgan fingerprint density at radius 3 is 1.37 bits per heavy atom. The van der Waals surface area contributed by atoms with Crippen molar-refractivity contribution in [2.45, 2.75) is 26.2 Å². The van der Waals surface area contributed by atoms with Crippen molar-refractivity contribution in [3.63, 3.8) is 0 Å². The Morgan fingerprint density at radius 2 is 0.943 bits per heavy atom. The molecule has 0 aliphatic rings. The molecule has 0 fully saturated rings. The molecule has 3 aromatic carbocycles. The summed E-state index contributed by atoms with van der Waals surface area (Å²) in [5.41, 5.74) is 6.43. The Bertz CT molecular complexity index is 1320. The van der Waals surface area contributed by atoms with Crippen molar-refractivity contribution < 1.29 is 0 Å². The fourth-order valence-electron chi connectivity index (χ4n) is 4.13. The lowest BCUT2D eigenvalue weighted by Crippen LogP contribution is -2.15. The van der Waals surface area contributed by atoms with Gasteiger partial charge in [-0.2, -0.15) is 0 Å². The fraction of sp³-hybridized carbons (Fsp3) is 0.125. The molecule has 5 rings (SSSR count). The predicted molar refractivity (Wildman–Crippen MR) is 146 cm³/mol. The largest absolute Gasteiger partial charge is 0.279 e. The summed E-state index contributed by atoms with van der Waals surface area (Å²) in [6.07, 6.45) is 0. The summed E-state index contributed by atoms with van der Waals surface area (Å²) < 4.78 is 0. The van der Waals surface area contributed by atoms with E-state index in [9.17, 15) is 0 Å². The Morgan fingerprint density at radius 1 is 0.486 bits per heavy atom. The first kappa shape index (κ1) is 22.5. The molecule has 0 aliphatic carbocycles. The number of hydrogen-bond donors (Lipinski definition) is 0. The van der Waals surface area contributed by atoms with Gasteiger partial charge in [-0.15, -0.1) is 0 Å². The Kier molecular flexibility index (Phi) is 6.15. The first-order valence-corrected chi connectivity index (χ1v) is 11.9. The Labute approximate surface area is 207 Å². The molecule has 2 heterocycles. The van der Waals surface area contributed by atoms with E-state index < -0.39 is 0 Å². The maximum absolute atomic E-state index is 5.06. The SMILES string of the molecule is CC(C)(C)c1ccc(N(c2cccc(-c3ccccc3)n2)c2cccc(-c3ccccc3)n2)cc1. The lowest BCUT2D eigenvalue weighted by atomic mass is 9.87. The van der Waals surface area contributed by atoms with Gasteiger partial charge in [0, 0.05) is 16.8 Å². The molecule has 0 atom stereocenters. The van der Waals surface area contributed by atoms with E-state index in [0.29, 0.717) is 0 Å². The van der Waals surface area contributed by atoms with Crippen LogP contribution in [0.1, 0.15) is 26.3 Å². The summed E-state index contributed by atoms with van der Waals surface area (Å²) in [4.78, 5) is 12.2. The van der Waals surface area contributed by atoms with Crippen molar-refractivity contribution in [2.75, 3.05) is 4.90 Å². The van der Waals surface area contributed by atoms with Crippen LogP contribution < -0.4 is 4.90 Å². The third-order valence-corrected chi connectivity index (χ3v) is 6.06. The molecule has 0 spiro atoms. The molecular weight excluding hydrogens is 426 g/mol. The molecule has 3 nitrogen and oxygen atoms in total. The smallest absolute Gasteiger partial charge is 0.139 e. The molecule has 5 aromatic rings. The average molecular weight is 456 g/mol. The lowest BCUT2D eigenvalue weighted by Gasteiger charge is -2.26. The van der Waals surface area contributed by atoms with E-state index in [4.69, 9.17) is 9.97 Å². The topological polar surface area (TPSA) is 29.0 Å². The highest BCUT2D eigenvalue weighted by molar-refractivity contribution is 5.75. The third-order valence-electron chi connectivity index (χ3n) is 6.06. The van der Waals surface area contributed by atoms with Gasteiger partial charge in [0.2, 0.25) is 0 Å². The maximum Gasteiger partial charge on any atom is 0.139 e. The standard InChI is InChI=1S/C32H29N3/c1-32(2,3)26-20-22-27(23-21-26)35(30-18-10-16-28(33-30)24-12-6-4-7-13-24)31-19-11-17-29(34-31)25-14-8-5-9-15-25/h4-23H,1-3H3. The van der Waals surface area contributed by atoms with E-state index in [1.54, 1.807) is 0 Å². The molecule has 0 amide bonds. The van der Waals surface area contributed by atoms with Gasteiger partial charge in [0.15, 0.2) is 0 Å². The van der Waals surface area contributed by atoms with Gasteiger partial charge in [0.05, 0.1) is 11.4 Å². The van der Waals surface area contributed by atoms with Crippen molar-refractivity contribution >= 4 is 17.3 Å². The highest BCUT2D eigenvalue weighted by Crippen LogP contribution is 2.35. The lowest BCUT2D eigenvalue weighted by molar-refractivity contribution is 0.590. The number of benzene rings is 3. The van der Waals surface area contributed by atoms with Gasteiger partial charge in [-0.05, 0) is 47.4 Å². The van der Waals surface area contributed by atoms with Crippen LogP contribution in [0, 0.1) is 0 Å². The zero-order valence-corrected chi connectivity index (χ0v) is 20.4. The second-order valence-corrected chi connectivity index (χ2v) is 9.63. The van der Waals surface area contributed by atoms with Gasteiger partial charge < -0.3 is 0 Å². The minimum Gasteiger partial charge on any atom is -0.279 e. The number of anilines is 3. The maximum atomic E-state index is 5.06. The molecule has 172 valence electrons. The molecule has 0 N–H and O–H groups in total. The van der Waals surface area contributed by atoms with E-state index in [1.165, 1.54) is 5.56 Å². The summed E-state index contributed by atoms with van der Waals surface area (Å²) in [6, 6.07) is 41.6. The number of pyridine rings is 2. The molecule has 0 radical (unpaired) electrons. The molecule has 0 saturated heterocycles.